The van der Waals surface area contributed by atoms with Crippen LogP contribution in [0.4, 0.5) is 13.2 Å². The third kappa shape index (κ3) is 6.39. The molecule has 0 fully saturated rings. The molecule has 9 nitrogen and oxygen atoms in total. The predicted octanol–water partition coefficient (Wildman–Crippen LogP) is 2.89. The first-order valence-corrected chi connectivity index (χ1v) is 10.8. The van der Waals surface area contributed by atoms with E-state index >= 15 is 0 Å². The number of hydrogen-bond acceptors (Lipinski definition) is 7. The molecule has 12 heteroatoms. The van der Waals surface area contributed by atoms with Gasteiger partial charge in [-0.2, -0.15) is 18.2 Å². The van der Waals surface area contributed by atoms with Crippen LogP contribution < -0.4 is 20.9 Å². The van der Waals surface area contributed by atoms with Crippen LogP contribution in [0.5, 0.6) is 11.6 Å². The van der Waals surface area contributed by atoms with Gasteiger partial charge in [0.15, 0.2) is 11.9 Å². The van der Waals surface area contributed by atoms with Crippen molar-refractivity contribution in [3.63, 3.8) is 0 Å². The largest absolute Gasteiger partial charge is 0.463 e. The topological polar surface area (TPSA) is 151 Å². The number of aliphatic hydroxyl groups excluding tert-OH is 1. The van der Waals surface area contributed by atoms with Gasteiger partial charge in [0.1, 0.15) is 17.2 Å². The van der Waals surface area contributed by atoms with Gasteiger partial charge in [0, 0.05) is 17.0 Å². The van der Waals surface area contributed by atoms with E-state index in [0.717, 1.165) is 12.1 Å². The molecule has 0 saturated carbocycles. The highest BCUT2D eigenvalue weighted by molar-refractivity contribution is 5.91. The number of aliphatic hydroxyl groups is 1. The minimum atomic E-state index is -4.31. The molecule has 192 valence electrons. The number of carbonyl (C=O) groups excluding carboxylic acids is 2. The standard InChI is InChI=1S/C24H25F3N4O5/c1-23(2,12-32)19(21(29)34)36-18-11-17(20(28)33)30-22(31-18)13-3-7-15(8-4-13)35-16-9-5-14(6-10-16)24(25,26)27/h3-5,7-11,14,19,32H,6,12H2,1-2H3,(H2,28,33)(H2,29,34). The van der Waals surface area contributed by atoms with E-state index < -0.39 is 42.0 Å². The number of nitrogens with zero attached hydrogens (tertiary/aromatic N) is 2. The maximum atomic E-state index is 12.8. The Bertz CT molecular complexity index is 1190. The fraction of sp³-hybridized carbons (Fsp3) is 0.333. The molecule has 3 rings (SSSR count). The summed E-state index contributed by atoms with van der Waals surface area (Å²) in [5.41, 5.74) is 10.00. The van der Waals surface area contributed by atoms with E-state index in [9.17, 15) is 27.9 Å². The van der Waals surface area contributed by atoms with Crippen LogP contribution in [0, 0.1) is 11.3 Å². The minimum absolute atomic E-state index is 0.0441. The smallest absolute Gasteiger partial charge is 0.395 e. The lowest BCUT2D eigenvalue weighted by molar-refractivity contribution is -0.160. The quantitative estimate of drug-likeness (QED) is 0.473. The van der Waals surface area contributed by atoms with Crippen LogP contribution in [-0.2, 0) is 4.79 Å². The van der Waals surface area contributed by atoms with Gasteiger partial charge in [-0.05, 0) is 42.8 Å². The summed E-state index contributed by atoms with van der Waals surface area (Å²) < 4.78 is 49.6. The Kier molecular flexibility index (Phi) is 7.68. The van der Waals surface area contributed by atoms with Crippen molar-refractivity contribution >= 4 is 11.8 Å². The molecule has 2 unspecified atom stereocenters. The number of aromatic nitrogens is 2. The van der Waals surface area contributed by atoms with E-state index in [1.54, 1.807) is 38.1 Å². The molecule has 1 aliphatic carbocycles. The lowest BCUT2D eigenvalue weighted by atomic mass is 9.87. The molecule has 2 atom stereocenters. The Morgan fingerprint density at radius 3 is 2.33 bits per heavy atom. The van der Waals surface area contributed by atoms with Crippen molar-refractivity contribution in [2.45, 2.75) is 32.5 Å². The van der Waals surface area contributed by atoms with Crippen molar-refractivity contribution in [2.24, 2.45) is 22.8 Å². The molecule has 2 amide bonds. The van der Waals surface area contributed by atoms with Crippen LogP contribution in [0.1, 0.15) is 30.8 Å². The van der Waals surface area contributed by atoms with Gasteiger partial charge < -0.3 is 26.0 Å². The van der Waals surface area contributed by atoms with Gasteiger partial charge in [0.05, 0.1) is 12.5 Å². The van der Waals surface area contributed by atoms with Crippen molar-refractivity contribution in [3.05, 3.63) is 60.0 Å². The molecule has 1 aromatic carbocycles. The number of primary amides is 2. The second-order valence-corrected chi connectivity index (χ2v) is 8.80. The Labute approximate surface area is 204 Å². The van der Waals surface area contributed by atoms with E-state index in [0.29, 0.717) is 11.3 Å². The zero-order valence-electron chi connectivity index (χ0n) is 19.5. The summed E-state index contributed by atoms with van der Waals surface area (Å²) >= 11 is 0. The van der Waals surface area contributed by atoms with Crippen molar-refractivity contribution in [1.29, 1.82) is 0 Å². The summed E-state index contributed by atoms with van der Waals surface area (Å²) in [6, 6.07) is 7.37. The molecule has 0 radical (unpaired) electrons. The van der Waals surface area contributed by atoms with Gasteiger partial charge in [0.25, 0.3) is 11.8 Å². The minimum Gasteiger partial charge on any atom is -0.463 e. The number of carbonyl (C=O) groups is 2. The molecule has 5 N–H and O–H groups in total. The first-order chi connectivity index (χ1) is 16.8. The van der Waals surface area contributed by atoms with Gasteiger partial charge >= 0.3 is 6.18 Å². The van der Waals surface area contributed by atoms with Gasteiger partial charge in [-0.15, -0.1) is 0 Å². The number of ether oxygens (including phenoxy) is 2. The molecule has 0 bridgehead atoms. The van der Waals surface area contributed by atoms with Crippen LogP contribution in [-0.4, -0.2) is 45.8 Å². The van der Waals surface area contributed by atoms with Crippen LogP contribution in [0.15, 0.2) is 54.3 Å². The summed E-state index contributed by atoms with van der Waals surface area (Å²) in [4.78, 5) is 32.1. The number of hydrogen-bond donors (Lipinski definition) is 3. The molecule has 2 aromatic rings. The van der Waals surface area contributed by atoms with E-state index in [1.165, 1.54) is 12.2 Å². The Hall–Kier alpha value is -3.93. The van der Waals surface area contributed by atoms with E-state index in [1.807, 2.05) is 0 Å². The normalized spacial score (nSPS) is 16.7. The zero-order valence-corrected chi connectivity index (χ0v) is 19.5. The number of halogens is 3. The first-order valence-electron chi connectivity index (χ1n) is 10.8. The summed E-state index contributed by atoms with van der Waals surface area (Å²) in [5, 5.41) is 9.59. The molecule has 0 saturated heterocycles. The lowest BCUT2D eigenvalue weighted by Gasteiger charge is -2.30. The molecule has 1 aliphatic rings. The number of allylic oxidation sites excluding steroid dienone is 3. The predicted molar refractivity (Wildman–Crippen MR) is 122 cm³/mol. The molecular weight excluding hydrogens is 481 g/mol. The highest BCUT2D eigenvalue weighted by atomic mass is 19.4. The van der Waals surface area contributed by atoms with Crippen molar-refractivity contribution in [3.8, 4) is 23.0 Å². The maximum absolute atomic E-state index is 12.8. The zero-order chi connectivity index (χ0) is 26.7. The molecule has 1 heterocycles. The highest BCUT2D eigenvalue weighted by Crippen LogP contribution is 2.34. The number of benzene rings is 1. The van der Waals surface area contributed by atoms with Gasteiger partial charge in [0.2, 0.25) is 5.88 Å². The third-order valence-corrected chi connectivity index (χ3v) is 5.40. The van der Waals surface area contributed by atoms with E-state index in [-0.39, 0.29) is 29.6 Å². The maximum Gasteiger partial charge on any atom is 0.395 e. The fourth-order valence-electron chi connectivity index (χ4n) is 3.27. The highest BCUT2D eigenvalue weighted by Gasteiger charge is 2.38. The molecule has 0 spiro atoms. The summed E-state index contributed by atoms with van der Waals surface area (Å²) in [7, 11) is 0. The van der Waals surface area contributed by atoms with Gasteiger partial charge in [-0.1, -0.05) is 19.9 Å². The Balaban J connectivity index is 1.83. The van der Waals surface area contributed by atoms with Crippen molar-refractivity contribution < 1.29 is 37.3 Å². The van der Waals surface area contributed by atoms with Crippen LogP contribution in [0.25, 0.3) is 11.4 Å². The number of rotatable bonds is 9. The summed E-state index contributed by atoms with van der Waals surface area (Å²) in [6.07, 6.45) is -2.13. The van der Waals surface area contributed by atoms with Crippen molar-refractivity contribution in [1.82, 2.24) is 9.97 Å². The molecule has 1 aromatic heterocycles. The second kappa shape index (κ2) is 10.4. The van der Waals surface area contributed by atoms with Crippen LogP contribution in [0.2, 0.25) is 0 Å². The average Bonchev–Trinajstić information content (AvgIpc) is 2.82. The number of alkyl halides is 3. The second-order valence-electron chi connectivity index (χ2n) is 8.80. The summed E-state index contributed by atoms with van der Waals surface area (Å²) in [5.74, 6) is -2.75. The number of nitrogens with two attached hydrogens (primary N) is 2. The lowest BCUT2D eigenvalue weighted by Crippen LogP contribution is -2.47. The van der Waals surface area contributed by atoms with Crippen LogP contribution in [0.3, 0.4) is 0 Å². The average molecular weight is 506 g/mol. The molecule has 36 heavy (non-hydrogen) atoms. The van der Waals surface area contributed by atoms with Gasteiger partial charge in [-0.25, -0.2) is 4.98 Å². The first kappa shape index (κ1) is 26.7. The number of amides is 2. The van der Waals surface area contributed by atoms with Gasteiger partial charge in [-0.3, -0.25) is 9.59 Å². The molecule has 0 aliphatic heterocycles. The Morgan fingerprint density at radius 1 is 1.17 bits per heavy atom. The summed E-state index contributed by atoms with van der Waals surface area (Å²) in [6.45, 7) is 2.72. The monoisotopic (exact) mass is 506 g/mol. The molecular formula is C24H25F3N4O5. The third-order valence-electron chi connectivity index (χ3n) is 5.40. The fourth-order valence-corrected chi connectivity index (χ4v) is 3.27. The SMILES string of the molecule is CC(C)(CO)C(Oc1cc(C(N)=O)nc(-c2ccc(OC3=CCC(C(F)(F)F)C=C3)cc2)n1)C(N)=O. The Morgan fingerprint density at radius 2 is 1.83 bits per heavy atom. The van der Waals surface area contributed by atoms with E-state index in [4.69, 9.17) is 20.9 Å². The van der Waals surface area contributed by atoms with Crippen molar-refractivity contribution in [2.75, 3.05) is 6.61 Å². The van der Waals surface area contributed by atoms with E-state index in [2.05, 4.69) is 9.97 Å². The van der Waals surface area contributed by atoms with Crippen LogP contribution >= 0.6 is 0 Å².